The maximum absolute atomic E-state index is 12.1. The zero-order valence-electron chi connectivity index (χ0n) is 25.8. The summed E-state index contributed by atoms with van der Waals surface area (Å²) >= 11 is 0. The van der Waals surface area contributed by atoms with E-state index in [4.69, 9.17) is 14.6 Å². The predicted molar refractivity (Wildman–Crippen MR) is 170 cm³/mol. The number of aliphatic hydroxyl groups is 2. The lowest BCUT2D eigenvalue weighted by Gasteiger charge is -2.43. The lowest BCUT2D eigenvalue weighted by atomic mass is 9.89. The van der Waals surface area contributed by atoms with Crippen LogP contribution in [0.1, 0.15) is 73.7 Å². The SMILES string of the molecule is C[C@H]1[C@@H](CN2CCC[C@H]2CO)O[C@@H](c2ccc(-c3cccc(CNC(=O)CCCC(=O)O)c3)cc2)O[C@H]1c1ccc(CO)cc1. The van der Waals surface area contributed by atoms with Crippen LogP contribution in [-0.2, 0) is 32.2 Å². The molecule has 0 saturated carbocycles. The number of nitrogens with zero attached hydrogens (tertiary/aromatic N) is 1. The first-order chi connectivity index (χ1) is 21.8. The molecule has 9 heteroatoms. The lowest BCUT2D eigenvalue weighted by molar-refractivity contribution is -0.276. The van der Waals surface area contributed by atoms with Crippen molar-refractivity contribution in [3.05, 3.63) is 95.1 Å². The zero-order valence-corrected chi connectivity index (χ0v) is 25.8. The van der Waals surface area contributed by atoms with Gasteiger partial charge in [-0.15, -0.1) is 0 Å². The number of nitrogens with one attached hydrogen (secondary N) is 1. The third-order valence-corrected chi connectivity index (χ3v) is 8.98. The second kappa shape index (κ2) is 15.6. The maximum Gasteiger partial charge on any atom is 0.303 e. The molecule has 9 nitrogen and oxygen atoms in total. The van der Waals surface area contributed by atoms with Gasteiger partial charge in [-0.25, -0.2) is 0 Å². The van der Waals surface area contributed by atoms with Crippen LogP contribution >= 0.6 is 0 Å². The van der Waals surface area contributed by atoms with E-state index in [2.05, 4.69) is 17.1 Å². The Bertz CT molecular complexity index is 1410. The molecule has 2 saturated heterocycles. The van der Waals surface area contributed by atoms with E-state index < -0.39 is 12.3 Å². The largest absolute Gasteiger partial charge is 0.481 e. The van der Waals surface area contributed by atoms with Crippen molar-refractivity contribution in [2.24, 2.45) is 5.92 Å². The number of hydrogen-bond donors (Lipinski definition) is 4. The van der Waals surface area contributed by atoms with Crippen molar-refractivity contribution in [2.45, 2.75) is 76.7 Å². The van der Waals surface area contributed by atoms with Gasteiger partial charge in [0.05, 0.1) is 25.4 Å². The molecule has 5 rings (SSSR count). The molecule has 3 aromatic carbocycles. The third-order valence-electron chi connectivity index (χ3n) is 8.98. The van der Waals surface area contributed by atoms with Gasteiger partial charge in [0, 0.05) is 43.5 Å². The van der Waals surface area contributed by atoms with Crippen molar-refractivity contribution in [1.82, 2.24) is 10.2 Å². The van der Waals surface area contributed by atoms with Crippen LogP contribution in [0.4, 0.5) is 0 Å². The summed E-state index contributed by atoms with van der Waals surface area (Å²) in [5.41, 5.74) is 5.80. The van der Waals surface area contributed by atoms with Gasteiger partial charge < -0.3 is 30.1 Å². The van der Waals surface area contributed by atoms with Crippen molar-refractivity contribution in [3.8, 4) is 11.1 Å². The number of carbonyl (C=O) groups excluding carboxylic acids is 1. The molecule has 3 aromatic rings. The summed E-state index contributed by atoms with van der Waals surface area (Å²) in [4.78, 5) is 25.1. The number of carboxylic acid groups (broad SMARTS) is 1. The summed E-state index contributed by atoms with van der Waals surface area (Å²) in [7, 11) is 0. The highest BCUT2D eigenvalue weighted by atomic mass is 16.7. The average molecular weight is 617 g/mol. The predicted octanol–water partition coefficient (Wildman–Crippen LogP) is 4.97. The molecule has 2 aliphatic heterocycles. The topological polar surface area (TPSA) is 129 Å². The van der Waals surface area contributed by atoms with E-state index in [0.29, 0.717) is 13.0 Å². The number of carboxylic acids is 1. The second-order valence-corrected chi connectivity index (χ2v) is 12.1. The van der Waals surface area contributed by atoms with Crippen LogP contribution in [0.3, 0.4) is 0 Å². The highest BCUT2D eigenvalue weighted by molar-refractivity contribution is 5.76. The van der Waals surface area contributed by atoms with Crippen LogP contribution in [0, 0.1) is 5.92 Å². The van der Waals surface area contributed by atoms with E-state index in [1.165, 1.54) is 0 Å². The Morgan fingerprint density at radius 3 is 2.38 bits per heavy atom. The minimum atomic E-state index is -0.899. The summed E-state index contributed by atoms with van der Waals surface area (Å²) in [6.45, 7) is 4.33. The quantitative estimate of drug-likeness (QED) is 0.212. The van der Waals surface area contributed by atoms with Crippen molar-refractivity contribution < 1.29 is 34.4 Å². The Morgan fingerprint density at radius 1 is 0.911 bits per heavy atom. The first kappa shape index (κ1) is 32.8. The van der Waals surface area contributed by atoms with Gasteiger partial charge in [0.2, 0.25) is 5.91 Å². The van der Waals surface area contributed by atoms with Crippen LogP contribution in [0.15, 0.2) is 72.8 Å². The number of amides is 1. The highest BCUT2D eigenvalue weighted by Crippen LogP contribution is 2.42. The Labute approximate surface area is 264 Å². The van der Waals surface area contributed by atoms with Gasteiger partial charge in [-0.1, -0.05) is 73.7 Å². The van der Waals surface area contributed by atoms with Gasteiger partial charge >= 0.3 is 5.97 Å². The minimum absolute atomic E-state index is 0.00822. The molecular weight excluding hydrogens is 572 g/mol. The molecule has 0 aromatic heterocycles. The molecule has 2 heterocycles. The number of rotatable bonds is 13. The van der Waals surface area contributed by atoms with E-state index in [-0.39, 0.29) is 56.1 Å². The van der Waals surface area contributed by atoms with Crippen LogP contribution < -0.4 is 5.32 Å². The summed E-state index contributed by atoms with van der Waals surface area (Å²) in [5.74, 6) is -0.990. The maximum atomic E-state index is 12.1. The van der Waals surface area contributed by atoms with Crippen molar-refractivity contribution in [2.75, 3.05) is 19.7 Å². The number of hydrogen-bond acceptors (Lipinski definition) is 7. The average Bonchev–Trinajstić information content (AvgIpc) is 3.52. The number of aliphatic carboxylic acids is 1. The number of likely N-dealkylation sites (tertiary alicyclic amines) is 1. The van der Waals surface area contributed by atoms with Crippen LogP contribution in [0.2, 0.25) is 0 Å². The Hall–Kier alpha value is -3.60. The molecule has 0 spiro atoms. The Balaban J connectivity index is 1.29. The van der Waals surface area contributed by atoms with Gasteiger partial charge in [0.25, 0.3) is 0 Å². The molecule has 2 fully saturated rings. The number of carbonyl (C=O) groups is 2. The first-order valence-electron chi connectivity index (χ1n) is 15.9. The molecule has 240 valence electrons. The van der Waals surface area contributed by atoms with E-state index in [1.807, 2.05) is 72.8 Å². The summed E-state index contributed by atoms with van der Waals surface area (Å²) in [6.07, 6.45) is 1.68. The molecule has 2 aliphatic rings. The van der Waals surface area contributed by atoms with Gasteiger partial charge in [0.1, 0.15) is 0 Å². The van der Waals surface area contributed by atoms with E-state index >= 15 is 0 Å². The van der Waals surface area contributed by atoms with Crippen molar-refractivity contribution in [3.63, 3.8) is 0 Å². The normalized spacial score (nSPS) is 23.6. The number of benzene rings is 3. The highest BCUT2D eigenvalue weighted by Gasteiger charge is 2.40. The first-order valence-corrected chi connectivity index (χ1v) is 15.9. The lowest BCUT2D eigenvalue weighted by Crippen LogP contribution is -2.46. The summed E-state index contributed by atoms with van der Waals surface area (Å²) in [5, 5.41) is 31.1. The molecule has 1 amide bonds. The van der Waals surface area contributed by atoms with Gasteiger partial charge in [-0.2, -0.15) is 0 Å². The molecule has 4 N–H and O–H groups in total. The van der Waals surface area contributed by atoms with E-state index in [0.717, 1.165) is 59.3 Å². The molecule has 45 heavy (non-hydrogen) atoms. The van der Waals surface area contributed by atoms with Crippen LogP contribution in [-0.4, -0.2) is 63.9 Å². The van der Waals surface area contributed by atoms with Gasteiger partial charge in [-0.3, -0.25) is 14.5 Å². The van der Waals surface area contributed by atoms with E-state index in [9.17, 15) is 19.8 Å². The molecule has 5 atom stereocenters. The standard InChI is InChI=1S/C36H44N2O7/c1-24-32(21-38-18-4-7-31(38)23-40)44-36(45-35(24)28-12-10-25(22-39)11-13-28)29-16-14-27(15-17-29)30-6-2-5-26(19-30)20-37-33(41)8-3-9-34(42)43/h2,5-6,10-17,19,24,31-32,35-36,39-40H,3-4,7-9,18,20-23H2,1H3,(H,37,41)(H,42,43)/t24-,31-,32+,35+,36+/m0/s1. The second-order valence-electron chi connectivity index (χ2n) is 12.1. The van der Waals surface area contributed by atoms with Crippen LogP contribution in [0.5, 0.6) is 0 Å². The molecule has 0 unspecified atom stereocenters. The van der Waals surface area contributed by atoms with Gasteiger partial charge in [-0.05, 0) is 59.7 Å². The smallest absolute Gasteiger partial charge is 0.303 e. The number of aliphatic hydroxyl groups excluding tert-OH is 2. The molecule has 0 radical (unpaired) electrons. The fourth-order valence-electron chi connectivity index (χ4n) is 6.28. The summed E-state index contributed by atoms with van der Waals surface area (Å²) in [6, 6.07) is 24.2. The minimum Gasteiger partial charge on any atom is -0.481 e. The van der Waals surface area contributed by atoms with Gasteiger partial charge in [0.15, 0.2) is 6.29 Å². The Kier molecular flexibility index (Phi) is 11.4. The molecule has 0 aliphatic carbocycles. The van der Waals surface area contributed by atoms with Crippen molar-refractivity contribution >= 4 is 11.9 Å². The van der Waals surface area contributed by atoms with Crippen molar-refractivity contribution in [1.29, 1.82) is 0 Å². The molecular formula is C36H44N2O7. The Morgan fingerprint density at radius 2 is 1.67 bits per heavy atom. The molecule has 0 bridgehead atoms. The van der Waals surface area contributed by atoms with Crippen LogP contribution in [0.25, 0.3) is 11.1 Å². The van der Waals surface area contributed by atoms with E-state index in [1.54, 1.807) is 0 Å². The monoisotopic (exact) mass is 616 g/mol. The fraction of sp³-hybridized carbons (Fsp3) is 0.444. The fourth-order valence-corrected chi connectivity index (χ4v) is 6.28. The summed E-state index contributed by atoms with van der Waals surface area (Å²) < 4.78 is 13.3. The third kappa shape index (κ3) is 8.56. The zero-order chi connectivity index (χ0) is 31.8. The number of ether oxygens (including phenoxy) is 2.